The Labute approximate surface area is 67.1 Å². The second kappa shape index (κ2) is 4.09. The number of aliphatic hydroxyl groups excluding tert-OH is 1. The van der Waals surface area contributed by atoms with Gasteiger partial charge in [-0.1, -0.05) is 0 Å². The molecule has 0 aliphatic carbocycles. The minimum atomic E-state index is 0.279. The molecule has 0 radical (unpaired) electrons. The van der Waals surface area contributed by atoms with Crippen LogP contribution in [0.5, 0.6) is 0 Å². The third kappa shape index (κ3) is 2.68. The first-order valence-electron chi connectivity index (χ1n) is 3.88. The smallest absolute Gasteiger partial charge is 0.168 e. The molecule has 0 bridgehead atoms. The Morgan fingerprint density at radius 3 is 2.55 bits per heavy atom. The van der Waals surface area contributed by atoms with E-state index in [2.05, 4.69) is 12.1 Å². The quantitative estimate of drug-likeness (QED) is 0.624. The van der Waals surface area contributed by atoms with Crippen molar-refractivity contribution in [3.8, 4) is 0 Å². The Hall–Kier alpha value is -0.890. The van der Waals surface area contributed by atoms with Crippen LogP contribution in [0, 0.1) is 0 Å². The molecule has 0 spiro atoms. The van der Waals surface area contributed by atoms with Crippen molar-refractivity contribution in [1.82, 2.24) is 0 Å². The normalized spacial score (nSPS) is 10.0. The van der Waals surface area contributed by atoms with Crippen LogP contribution >= 0.6 is 0 Å². The highest BCUT2D eigenvalue weighted by Gasteiger charge is 1.94. The van der Waals surface area contributed by atoms with Gasteiger partial charge in [-0.2, -0.15) is 0 Å². The van der Waals surface area contributed by atoms with E-state index in [1.165, 1.54) is 5.56 Å². The summed E-state index contributed by atoms with van der Waals surface area (Å²) >= 11 is 0. The largest absolute Gasteiger partial charge is 0.396 e. The van der Waals surface area contributed by atoms with E-state index in [1.807, 2.05) is 24.0 Å². The van der Waals surface area contributed by atoms with E-state index in [1.54, 1.807) is 0 Å². The molecule has 0 saturated heterocycles. The van der Waals surface area contributed by atoms with Crippen molar-refractivity contribution in [2.24, 2.45) is 7.05 Å². The number of pyridine rings is 1. The summed E-state index contributed by atoms with van der Waals surface area (Å²) in [6.07, 6.45) is 5.87. The molecule has 0 unspecified atom stereocenters. The maximum absolute atomic E-state index is 8.58. The van der Waals surface area contributed by atoms with Gasteiger partial charge in [-0.05, 0) is 18.4 Å². The number of hydrogen-bond donors (Lipinski definition) is 1. The van der Waals surface area contributed by atoms with Gasteiger partial charge < -0.3 is 5.11 Å². The zero-order valence-electron chi connectivity index (χ0n) is 6.83. The molecule has 1 aromatic rings. The second-order valence-electron chi connectivity index (χ2n) is 2.70. The van der Waals surface area contributed by atoms with Gasteiger partial charge in [-0.3, -0.25) is 0 Å². The van der Waals surface area contributed by atoms with E-state index in [0.29, 0.717) is 0 Å². The fraction of sp³-hybridized carbons (Fsp3) is 0.444. The second-order valence-corrected chi connectivity index (χ2v) is 2.70. The molecular weight excluding hydrogens is 138 g/mol. The fourth-order valence-corrected chi connectivity index (χ4v) is 0.982. The van der Waals surface area contributed by atoms with E-state index < -0.39 is 0 Å². The van der Waals surface area contributed by atoms with E-state index in [-0.39, 0.29) is 6.61 Å². The Kier molecular flexibility index (Phi) is 3.05. The predicted molar refractivity (Wildman–Crippen MR) is 43.0 cm³/mol. The molecular formula is C9H14NO+. The molecule has 11 heavy (non-hydrogen) atoms. The molecule has 0 aromatic carbocycles. The molecule has 0 amide bonds. The van der Waals surface area contributed by atoms with Crippen LogP contribution in [0.25, 0.3) is 0 Å². The number of nitrogens with zero attached hydrogens (tertiary/aromatic N) is 1. The molecule has 0 aliphatic rings. The molecule has 0 aliphatic heterocycles. The highest BCUT2D eigenvalue weighted by Crippen LogP contribution is 1.98. The Bertz CT molecular complexity index is 205. The zero-order valence-corrected chi connectivity index (χ0v) is 6.83. The first-order chi connectivity index (χ1) is 5.33. The van der Waals surface area contributed by atoms with Crippen LogP contribution in [0.3, 0.4) is 0 Å². The van der Waals surface area contributed by atoms with Gasteiger partial charge in [0.05, 0.1) is 0 Å². The van der Waals surface area contributed by atoms with Crippen LogP contribution in [0.15, 0.2) is 24.5 Å². The minimum Gasteiger partial charge on any atom is -0.396 e. The molecule has 1 N–H and O–H groups in total. The third-order valence-electron chi connectivity index (χ3n) is 1.67. The van der Waals surface area contributed by atoms with E-state index >= 15 is 0 Å². The summed E-state index contributed by atoms with van der Waals surface area (Å²) < 4.78 is 2.00. The van der Waals surface area contributed by atoms with Gasteiger partial charge in [0.2, 0.25) is 0 Å². The summed E-state index contributed by atoms with van der Waals surface area (Å²) in [5.74, 6) is 0. The molecule has 1 rings (SSSR count). The number of rotatable bonds is 3. The molecule has 0 fully saturated rings. The van der Waals surface area contributed by atoms with Crippen LogP contribution in [0.2, 0.25) is 0 Å². The Morgan fingerprint density at radius 1 is 1.36 bits per heavy atom. The van der Waals surface area contributed by atoms with E-state index in [0.717, 1.165) is 12.8 Å². The van der Waals surface area contributed by atoms with Crippen molar-refractivity contribution in [2.75, 3.05) is 6.61 Å². The fourth-order valence-electron chi connectivity index (χ4n) is 0.982. The van der Waals surface area contributed by atoms with Crippen LogP contribution in [0.1, 0.15) is 12.0 Å². The molecule has 1 aromatic heterocycles. The highest BCUT2D eigenvalue weighted by molar-refractivity contribution is 5.06. The molecule has 2 nitrogen and oxygen atoms in total. The average Bonchev–Trinajstić information content (AvgIpc) is 2.04. The number of aliphatic hydroxyl groups is 1. The first-order valence-corrected chi connectivity index (χ1v) is 3.88. The number of aryl methyl sites for hydroxylation is 2. The van der Waals surface area contributed by atoms with Crippen LogP contribution in [-0.4, -0.2) is 11.7 Å². The van der Waals surface area contributed by atoms with Crippen LogP contribution in [0.4, 0.5) is 0 Å². The van der Waals surface area contributed by atoms with Gasteiger partial charge in [-0.15, -0.1) is 0 Å². The van der Waals surface area contributed by atoms with Crippen LogP contribution < -0.4 is 4.57 Å². The van der Waals surface area contributed by atoms with Gasteiger partial charge in [0.25, 0.3) is 0 Å². The van der Waals surface area contributed by atoms with Gasteiger partial charge >= 0.3 is 0 Å². The van der Waals surface area contributed by atoms with Gasteiger partial charge in [-0.25, -0.2) is 4.57 Å². The van der Waals surface area contributed by atoms with Crippen molar-refractivity contribution in [3.63, 3.8) is 0 Å². The van der Waals surface area contributed by atoms with Crippen molar-refractivity contribution < 1.29 is 9.67 Å². The maximum Gasteiger partial charge on any atom is 0.168 e. The molecule has 2 heteroatoms. The highest BCUT2D eigenvalue weighted by atomic mass is 16.2. The molecule has 60 valence electrons. The number of aromatic nitrogens is 1. The first kappa shape index (κ1) is 8.21. The lowest BCUT2D eigenvalue weighted by Crippen LogP contribution is -2.25. The van der Waals surface area contributed by atoms with Crippen LogP contribution in [-0.2, 0) is 13.5 Å². The van der Waals surface area contributed by atoms with Crippen molar-refractivity contribution >= 4 is 0 Å². The lowest BCUT2D eigenvalue weighted by atomic mass is 10.1. The lowest BCUT2D eigenvalue weighted by molar-refractivity contribution is -0.671. The standard InChI is InChI=1S/C9H14NO/c1-10-6-4-9(5-7-10)3-2-8-11/h4-7,11H,2-3,8H2,1H3/q+1. The molecule has 1 heterocycles. The summed E-state index contributed by atoms with van der Waals surface area (Å²) in [5.41, 5.74) is 1.29. The molecule has 0 saturated carbocycles. The SMILES string of the molecule is C[n+]1ccc(CCCO)cc1. The monoisotopic (exact) mass is 152 g/mol. The lowest BCUT2D eigenvalue weighted by Gasteiger charge is -1.95. The topological polar surface area (TPSA) is 24.1 Å². The number of hydrogen-bond acceptors (Lipinski definition) is 1. The predicted octanol–water partition coefficient (Wildman–Crippen LogP) is 0.436. The average molecular weight is 152 g/mol. The van der Waals surface area contributed by atoms with Crippen molar-refractivity contribution in [3.05, 3.63) is 30.1 Å². The Morgan fingerprint density at radius 2 is 2.00 bits per heavy atom. The van der Waals surface area contributed by atoms with Gasteiger partial charge in [0, 0.05) is 18.7 Å². The van der Waals surface area contributed by atoms with Gasteiger partial charge in [0.1, 0.15) is 7.05 Å². The zero-order chi connectivity index (χ0) is 8.10. The summed E-state index contributed by atoms with van der Waals surface area (Å²) in [4.78, 5) is 0. The third-order valence-corrected chi connectivity index (χ3v) is 1.67. The Balaban J connectivity index is 2.52. The maximum atomic E-state index is 8.58. The van der Waals surface area contributed by atoms with E-state index in [9.17, 15) is 0 Å². The summed E-state index contributed by atoms with van der Waals surface area (Å²) in [5, 5.41) is 8.58. The van der Waals surface area contributed by atoms with Crippen molar-refractivity contribution in [2.45, 2.75) is 12.8 Å². The minimum absolute atomic E-state index is 0.279. The summed E-state index contributed by atoms with van der Waals surface area (Å²) in [6, 6.07) is 4.16. The van der Waals surface area contributed by atoms with Crippen molar-refractivity contribution in [1.29, 1.82) is 0 Å². The van der Waals surface area contributed by atoms with Gasteiger partial charge in [0.15, 0.2) is 12.4 Å². The summed E-state index contributed by atoms with van der Waals surface area (Å²) in [7, 11) is 2.00. The van der Waals surface area contributed by atoms with E-state index in [4.69, 9.17) is 5.11 Å². The summed E-state index contributed by atoms with van der Waals surface area (Å²) in [6.45, 7) is 0.279. The molecule has 0 atom stereocenters.